The molecular weight excluding hydrogens is 332 g/mol. The summed E-state index contributed by atoms with van der Waals surface area (Å²) in [5.74, 6) is 0.259. The van der Waals surface area contributed by atoms with Gasteiger partial charge in [-0.2, -0.15) is 10.2 Å². The molecule has 0 spiro atoms. The number of nitrogens with one attached hydrogen (secondary N) is 1. The van der Waals surface area contributed by atoms with Gasteiger partial charge in [-0.05, 0) is 30.9 Å². The molecule has 1 N–H and O–H groups in total. The fourth-order valence-electron chi connectivity index (χ4n) is 3.23. The summed E-state index contributed by atoms with van der Waals surface area (Å²) in [7, 11) is 0. The molecule has 8 heteroatoms. The van der Waals surface area contributed by atoms with Gasteiger partial charge in [-0.15, -0.1) is 0 Å². The number of H-pyrrole nitrogens is 1. The van der Waals surface area contributed by atoms with Gasteiger partial charge in [0.2, 0.25) is 18.3 Å². The molecule has 26 heavy (non-hydrogen) atoms. The smallest absolute Gasteiger partial charge is 0.237 e. The maximum atomic E-state index is 11.9. The first kappa shape index (κ1) is 16.3. The Hall–Kier alpha value is -3.21. The molecular formula is C18H18N6O2. The molecule has 2 amide bonds. The highest BCUT2D eigenvalue weighted by molar-refractivity contribution is 5.91. The molecule has 1 fully saturated rings. The minimum Gasteiger partial charge on any atom is -0.346 e. The van der Waals surface area contributed by atoms with E-state index in [-0.39, 0.29) is 18.4 Å². The van der Waals surface area contributed by atoms with E-state index in [1.165, 1.54) is 0 Å². The third-order valence-electron chi connectivity index (χ3n) is 4.78. The molecule has 0 unspecified atom stereocenters. The lowest BCUT2D eigenvalue weighted by Gasteiger charge is -2.26. The van der Waals surface area contributed by atoms with Gasteiger partial charge in [0.15, 0.2) is 0 Å². The first-order valence-electron chi connectivity index (χ1n) is 8.64. The Kier molecular flexibility index (Phi) is 4.13. The van der Waals surface area contributed by atoms with Gasteiger partial charge in [-0.3, -0.25) is 14.5 Å². The van der Waals surface area contributed by atoms with Gasteiger partial charge in [-0.1, -0.05) is 6.08 Å². The lowest BCUT2D eigenvalue weighted by molar-refractivity contribution is -0.129. The van der Waals surface area contributed by atoms with Crippen molar-refractivity contribution < 1.29 is 9.59 Å². The highest BCUT2D eigenvalue weighted by Gasteiger charge is 2.31. The van der Waals surface area contributed by atoms with Crippen LogP contribution in [-0.2, 0) is 9.59 Å². The van der Waals surface area contributed by atoms with E-state index in [1.54, 1.807) is 16.0 Å². The van der Waals surface area contributed by atoms with Crippen LogP contribution in [-0.4, -0.2) is 51.3 Å². The number of hydrogen-bond donors (Lipinski definition) is 1. The van der Waals surface area contributed by atoms with E-state index in [0.717, 1.165) is 35.9 Å². The van der Waals surface area contributed by atoms with Gasteiger partial charge in [0.1, 0.15) is 12.1 Å². The molecule has 0 aromatic carbocycles. The summed E-state index contributed by atoms with van der Waals surface area (Å²) in [6, 6.07) is 4.00. The predicted octanol–water partition coefficient (Wildman–Crippen LogP) is 1.61. The standard InChI is InChI=1S/C18H18N6O2/c19-7-3-15(26)23-9-5-12(6-10-23)16-14-4-8-20-17(14)22-18(21-16)24(11-25)13-1-2-13/h4-5,8,11,13H,1-3,6,9-10H2,(H,20,21,22). The van der Waals surface area contributed by atoms with Crippen LogP contribution in [0.25, 0.3) is 16.6 Å². The lowest BCUT2D eigenvalue weighted by atomic mass is 10.0. The van der Waals surface area contributed by atoms with Crippen molar-refractivity contribution in [2.75, 3.05) is 18.0 Å². The molecule has 0 bridgehead atoms. The highest BCUT2D eigenvalue weighted by atomic mass is 16.2. The largest absolute Gasteiger partial charge is 0.346 e. The Morgan fingerprint density at radius 3 is 2.96 bits per heavy atom. The summed E-state index contributed by atoms with van der Waals surface area (Å²) < 4.78 is 0. The van der Waals surface area contributed by atoms with E-state index in [0.29, 0.717) is 31.1 Å². The van der Waals surface area contributed by atoms with Gasteiger partial charge in [0.05, 0.1) is 11.8 Å². The highest BCUT2D eigenvalue weighted by Crippen LogP contribution is 2.32. The van der Waals surface area contributed by atoms with Crippen molar-refractivity contribution in [3.05, 3.63) is 24.0 Å². The van der Waals surface area contributed by atoms with Gasteiger partial charge in [0.25, 0.3) is 0 Å². The molecule has 2 aromatic rings. The number of rotatable bonds is 5. The molecule has 1 saturated carbocycles. The van der Waals surface area contributed by atoms with E-state index in [1.807, 2.05) is 18.2 Å². The van der Waals surface area contributed by atoms with Crippen LogP contribution >= 0.6 is 0 Å². The van der Waals surface area contributed by atoms with Crippen molar-refractivity contribution in [1.29, 1.82) is 5.26 Å². The normalized spacial score (nSPS) is 16.9. The third-order valence-corrected chi connectivity index (χ3v) is 4.78. The Bertz CT molecular complexity index is 937. The SMILES string of the molecule is N#CCC(=O)N1CC=C(c2nc(N(C=O)C3CC3)nc3[nH]ccc23)CC1. The molecule has 0 atom stereocenters. The van der Waals surface area contributed by atoms with Crippen molar-refractivity contribution in [2.24, 2.45) is 0 Å². The number of nitriles is 1. The summed E-state index contributed by atoms with van der Waals surface area (Å²) in [6.45, 7) is 1.01. The number of carbonyl (C=O) groups excluding carboxylic acids is 2. The zero-order valence-corrected chi connectivity index (χ0v) is 14.2. The van der Waals surface area contributed by atoms with Crippen LogP contribution in [0.3, 0.4) is 0 Å². The second-order valence-corrected chi connectivity index (χ2v) is 6.51. The second-order valence-electron chi connectivity index (χ2n) is 6.51. The van der Waals surface area contributed by atoms with Crippen LogP contribution in [0.4, 0.5) is 5.95 Å². The second kappa shape index (κ2) is 6.59. The molecule has 2 aromatic heterocycles. The van der Waals surface area contributed by atoms with Crippen LogP contribution < -0.4 is 4.90 Å². The van der Waals surface area contributed by atoms with E-state index in [9.17, 15) is 9.59 Å². The average molecular weight is 350 g/mol. The van der Waals surface area contributed by atoms with Gasteiger partial charge in [-0.25, -0.2) is 4.98 Å². The molecule has 132 valence electrons. The number of carbonyl (C=O) groups is 2. The van der Waals surface area contributed by atoms with Crippen molar-refractivity contribution in [3.8, 4) is 6.07 Å². The molecule has 1 aliphatic heterocycles. The van der Waals surface area contributed by atoms with Crippen LogP contribution in [0.15, 0.2) is 18.3 Å². The fraction of sp³-hybridized carbons (Fsp3) is 0.389. The third kappa shape index (κ3) is 2.92. The number of aromatic nitrogens is 3. The molecule has 3 heterocycles. The Balaban J connectivity index is 1.68. The van der Waals surface area contributed by atoms with E-state index in [4.69, 9.17) is 5.26 Å². The maximum Gasteiger partial charge on any atom is 0.237 e. The molecule has 0 radical (unpaired) electrons. The monoisotopic (exact) mass is 350 g/mol. The van der Waals surface area contributed by atoms with Crippen molar-refractivity contribution >= 4 is 34.9 Å². The van der Waals surface area contributed by atoms with E-state index < -0.39 is 0 Å². The number of anilines is 1. The maximum absolute atomic E-state index is 11.9. The van der Waals surface area contributed by atoms with E-state index >= 15 is 0 Å². The molecule has 8 nitrogen and oxygen atoms in total. The van der Waals surface area contributed by atoms with Gasteiger partial charge >= 0.3 is 0 Å². The number of hydrogen-bond acceptors (Lipinski definition) is 5. The minimum absolute atomic E-state index is 0.0986. The zero-order chi connectivity index (χ0) is 18.1. The lowest BCUT2D eigenvalue weighted by Crippen LogP contribution is -2.34. The Labute approximate surface area is 150 Å². The first-order valence-corrected chi connectivity index (χ1v) is 8.64. The Morgan fingerprint density at radius 1 is 1.46 bits per heavy atom. The summed E-state index contributed by atoms with van der Waals surface area (Å²) >= 11 is 0. The van der Waals surface area contributed by atoms with Gasteiger partial charge in [0, 0.05) is 30.7 Å². The van der Waals surface area contributed by atoms with Crippen LogP contribution in [0.1, 0.15) is 31.4 Å². The topological polar surface area (TPSA) is 106 Å². The number of nitrogens with zero attached hydrogens (tertiary/aromatic N) is 5. The van der Waals surface area contributed by atoms with Crippen molar-refractivity contribution in [3.63, 3.8) is 0 Å². The van der Waals surface area contributed by atoms with Crippen LogP contribution in [0.5, 0.6) is 0 Å². The van der Waals surface area contributed by atoms with Crippen molar-refractivity contribution in [1.82, 2.24) is 19.9 Å². The number of fused-ring (bicyclic) bond motifs is 1. The summed E-state index contributed by atoms with van der Waals surface area (Å²) in [4.78, 5) is 38.9. The fourth-order valence-corrected chi connectivity index (χ4v) is 3.23. The molecule has 0 saturated heterocycles. The van der Waals surface area contributed by atoms with E-state index in [2.05, 4.69) is 15.0 Å². The quantitative estimate of drug-likeness (QED) is 0.825. The summed E-state index contributed by atoms with van der Waals surface area (Å²) in [6.07, 6.45) is 7.07. The molecule has 2 aliphatic rings. The number of amides is 2. The predicted molar refractivity (Wildman–Crippen MR) is 94.9 cm³/mol. The van der Waals surface area contributed by atoms with Crippen LogP contribution in [0, 0.1) is 11.3 Å². The van der Waals surface area contributed by atoms with Crippen molar-refractivity contribution in [2.45, 2.75) is 31.7 Å². The van der Waals surface area contributed by atoms with Gasteiger partial charge < -0.3 is 9.88 Å². The summed E-state index contributed by atoms with van der Waals surface area (Å²) in [5, 5.41) is 9.58. The Morgan fingerprint density at radius 2 is 2.31 bits per heavy atom. The average Bonchev–Trinajstić information content (AvgIpc) is 3.38. The number of aromatic amines is 1. The summed E-state index contributed by atoms with van der Waals surface area (Å²) in [5.41, 5.74) is 2.52. The first-order chi connectivity index (χ1) is 12.7. The minimum atomic E-state index is -0.154. The molecule has 1 aliphatic carbocycles. The molecule has 4 rings (SSSR count). The van der Waals surface area contributed by atoms with Crippen LogP contribution in [0.2, 0.25) is 0 Å². The zero-order valence-electron chi connectivity index (χ0n) is 14.2.